The third-order valence-electron chi connectivity index (χ3n) is 3.43. The lowest BCUT2D eigenvalue weighted by molar-refractivity contribution is 0.309. The quantitative estimate of drug-likeness (QED) is 0.923. The number of hydrogen-bond donors (Lipinski definition) is 1. The zero-order valence-electron chi connectivity index (χ0n) is 9.49. The van der Waals surface area contributed by atoms with E-state index in [1.54, 1.807) is 0 Å². The highest BCUT2D eigenvalue weighted by atomic mass is 79.9. The molecule has 1 aliphatic rings. The van der Waals surface area contributed by atoms with E-state index >= 15 is 0 Å². The fourth-order valence-corrected chi connectivity index (χ4v) is 2.58. The molecule has 1 saturated carbocycles. The lowest BCUT2D eigenvalue weighted by Crippen LogP contribution is -2.16. The number of fused-ring (bicyclic) bond motifs is 1. The number of anilines is 1. The summed E-state index contributed by atoms with van der Waals surface area (Å²) in [6, 6.07) is 5.95. The monoisotopic (exact) mass is 291 g/mol. The Morgan fingerprint density at radius 3 is 2.82 bits per heavy atom. The summed E-state index contributed by atoms with van der Waals surface area (Å²) in [6.45, 7) is 0. The number of aromatic nitrogens is 2. The standard InChI is InChI=1S/C13H14BrN3/c14-9-4-5-11-10(7-9)13(15)17-12(16-11)6-8-2-1-3-8/h4-5,7-8H,1-3,6H2,(H2,15,16,17). The van der Waals surface area contributed by atoms with Crippen LogP contribution in [0.2, 0.25) is 0 Å². The van der Waals surface area contributed by atoms with Crippen molar-refractivity contribution >= 4 is 32.7 Å². The number of halogens is 1. The van der Waals surface area contributed by atoms with Crippen molar-refractivity contribution in [3.8, 4) is 0 Å². The highest BCUT2D eigenvalue weighted by Gasteiger charge is 2.19. The summed E-state index contributed by atoms with van der Waals surface area (Å²) in [6.07, 6.45) is 4.93. The zero-order chi connectivity index (χ0) is 11.8. The Kier molecular flexibility index (Phi) is 2.74. The summed E-state index contributed by atoms with van der Waals surface area (Å²) in [7, 11) is 0. The molecule has 0 unspecified atom stereocenters. The van der Waals surface area contributed by atoms with Crippen LogP contribution in [0.3, 0.4) is 0 Å². The number of nitrogen functional groups attached to an aromatic ring is 1. The molecule has 2 aromatic rings. The summed E-state index contributed by atoms with van der Waals surface area (Å²) >= 11 is 3.43. The fourth-order valence-electron chi connectivity index (χ4n) is 2.22. The maximum absolute atomic E-state index is 5.99. The molecule has 3 nitrogen and oxygen atoms in total. The van der Waals surface area contributed by atoms with Gasteiger partial charge in [-0.05, 0) is 24.1 Å². The van der Waals surface area contributed by atoms with Crippen molar-refractivity contribution in [1.29, 1.82) is 0 Å². The average Bonchev–Trinajstić information content (AvgIpc) is 2.25. The van der Waals surface area contributed by atoms with E-state index in [1.807, 2.05) is 18.2 Å². The van der Waals surface area contributed by atoms with Crippen molar-refractivity contribution in [3.05, 3.63) is 28.5 Å². The molecular formula is C13H14BrN3. The van der Waals surface area contributed by atoms with Gasteiger partial charge in [-0.25, -0.2) is 9.97 Å². The van der Waals surface area contributed by atoms with Crippen LogP contribution in [0.15, 0.2) is 22.7 Å². The number of rotatable bonds is 2. The van der Waals surface area contributed by atoms with Gasteiger partial charge in [-0.2, -0.15) is 0 Å². The van der Waals surface area contributed by atoms with Crippen LogP contribution in [0.1, 0.15) is 25.1 Å². The molecular weight excluding hydrogens is 278 g/mol. The SMILES string of the molecule is Nc1nc(CC2CCC2)nc2ccc(Br)cc12. The minimum atomic E-state index is 0.589. The number of nitrogens with zero attached hydrogens (tertiary/aromatic N) is 2. The highest BCUT2D eigenvalue weighted by molar-refractivity contribution is 9.10. The Labute approximate surface area is 109 Å². The molecule has 3 rings (SSSR count). The smallest absolute Gasteiger partial charge is 0.135 e. The molecule has 1 aromatic heterocycles. The molecule has 0 spiro atoms. The minimum absolute atomic E-state index is 0.589. The topological polar surface area (TPSA) is 51.8 Å². The zero-order valence-corrected chi connectivity index (χ0v) is 11.1. The first-order valence-electron chi connectivity index (χ1n) is 5.94. The van der Waals surface area contributed by atoms with E-state index in [0.717, 1.165) is 33.5 Å². The van der Waals surface area contributed by atoms with Crippen LogP contribution in [0.5, 0.6) is 0 Å². The number of hydrogen-bond acceptors (Lipinski definition) is 3. The number of nitrogens with two attached hydrogens (primary N) is 1. The van der Waals surface area contributed by atoms with E-state index < -0.39 is 0 Å². The van der Waals surface area contributed by atoms with Gasteiger partial charge in [0.25, 0.3) is 0 Å². The van der Waals surface area contributed by atoms with Crippen molar-refractivity contribution in [3.63, 3.8) is 0 Å². The normalized spacial score (nSPS) is 16.1. The largest absolute Gasteiger partial charge is 0.383 e. The Hall–Kier alpha value is -1.16. The summed E-state index contributed by atoms with van der Waals surface area (Å²) in [5, 5.41) is 0.928. The molecule has 4 heteroatoms. The molecule has 1 heterocycles. The molecule has 0 aliphatic heterocycles. The van der Waals surface area contributed by atoms with Gasteiger partial charge in [0.05, 0.1) is 5.52 Å². The fraction of sp³-hybridized carbons (Fsp3) is 0.385. The van der Waals surface area contributed by atoms with E-state index in [2.05, 4.69) is 25.9 Å². The van der Waals surface area contributed by atoms with Crippen LogP contribution in [-0.2, 0) is 6.42 Å². The third kappa shape index (κ3) is 2.14. The van der Waals surface area contributed by atoms with Gasteiger partial charge in [0, 0.05) is 16.3 Å². The van der Waals surface area contributed by atoms with Crippen molar-refractivity contribution in [2.75, 3.05) is 5.73 Å². The summed E-state index contributed by atoms with van der Waals surface area (Å²) in [4.78, 5) is 9.00. The lowest BCUT2D eigenvalue weighted by atomic mass is 9.83. The second-order valence-corrected chi connectivity index (χ2v) is 5.60. The van der Waals surface area contributed by atoms with Crippen LogP contribution in [0, 0.1) is 5.92 Å². The van der Waals surface area contributed by atoms with Gasteiger partial charge in [-0.3, -0.25) is 0 Å². The number of benzene rings is 1. The Morgan fingerprint density at radius 1 is 1.29 bits per heavy atom. The van der Waals surface area contributed by atoms with Gasteiger partial charge in [0.1, 0.15) is 11.6 Å². The second-order valence-electron chi connectivity index (χ2n) is 4.69. The van der Waals surface area contributed by atoms with E-state index in [4.69, 9.17) is 5.73 Å². The van der Waals surface area contributed by atoms with Crippen molar-refractivity contribution in [2.24, 2.45) is 5.92 Å². The first-order valence-corrected chi connectivity index (χ1v) is 6.73. The summed E-state index contributed by atoms with van der Waals surface area (Å²) in [5.41, 5.74) is 6.93. The predicted octanol–water partition coefficient (Wildman–Crippen LogP) is 3.32. The van der Waals surface area contributed by atoms with Crippen LogP contribution in [0.4, 0.5) is 5.82 Å². The molecule has 0 bridgehead atoms. The molecule has 0 saturated heterocycles. The van der Waals surface area contributed by atoms with E-state index in [-0.39, 0.29) is 0 Å². The van der Waals surface area contributed by atoms with Crippen LogP contribution < -0.4 is 5.73 Å². The maximum atomic E-state index is 5.99. The highest BCUT2D eigenvalue weighted by Crippen LogP contribution is 2.30. The molecule has 1 aromatic carbocycles. The molecule has 17 heavy (non-hydrogen) atoms. The first-order chi connectivity index (χ1) is 8.22. The average molecular weight is 292 g/mol. The van der Waals surface area contributed by atoms with Gasteiger partial charge >= 0.3 is 0 Å². The van der Waals surface area contributed by atoms with E-state index in [1.165, 1.54) is 19.3 Å². The molecule has 0 radical (unpaired) electrons. The van der Waals surface area contributed by atoms with Gasteiger partial charge < -0.3 is 5.73 Å². The third-order valence-corrected chi connectivity index (χ3v) is 3.92. The Balaban J connectivity index is 2.01. The van der Waals surface area contributed by atoms with Crippen molar-refractivity contribution in [1.82, 2.24) is 9.97 Å². The van der Waals surface area contributed by atoms with Crippen LogP contribution >= 0.6 is 15.9 Å². The van der Waals surface area contributed by atoms with E-state index in [0.29, 0.717) is 5.82 Å². The molecule has 1 fully saturated rings. The Bertz CT molecular complexity index is 564. The van der Waals surface area contributed by atoms with Crippen LogP contribution in [-0.4, -0.2) is 9.97 Å². The van der Waals surface area contributed by atoms with Crippen LogP contribution in [0.25, 0.3) is 10.9 Å². The first kappa shape index (κ1) is 11.0. The molecule has 1 aliphatic carbocycles. The minimum Gasteiger partial charge on any atom is -0.383 e. The second kappa shape index (κ2) is 4.26. The van der Waals surface area contributed by atoms with Crippen molar-refractivity contribution < 1.29 is 0 Å². The van der Waals surface area contributed by atoms with Crippen molar-refractivity contribution in [2.45, 2.75) is 25.7 Å². The van der Waals surface area contributed by atoms with Gasteiger partial charge in [-0.15, -0.1) is 0 Å². The summed E-state index contributed by atoms with van der Waals surface area (Å²) in [5.74, 6) is 2.25. The molecule has 0 atom stereocenters. The predicted molar refractivity (Wildman–Crippen MR) is 72.7 cm³/mol. The molecule has 0 amide bonds. The lowest BCUT2D eigenvalue weighted by Gasteiger charge is -2.24. The Morgan fingerprint density at radius 2 is 2.12 bits per heavy atom. The van der Waals surface area contributed by atoms with Gasteiger partial charge in [0.2, 0.25) is 0 Å². The molecule has 88 valence electrons. The molecule has 2 N–H and O–H groups in total. The van der Waals surface area contributed by atoms with Gasteiger partial charge in [-0.1, -0.05) is 35.2 Å². The summed E-state index contributed by atoms with van der Waals surface area (Å²) < 4.78 is 1.01. The van der Waals surface area contributed by atoms with Gasteiger partial charge in [0.15, 0.2) is 0 Å². The van der Waals surface area contributed by atoms with E-state index in [9.17, 15) is 0 Å². The maximum Gasteiger partial charge on any atom is 0.135 e.